The predicted molar refractivity (Wildman–Crippen MR) is 117 cm³/mol. The first-order valence-electron chi connectivity index (χ1n) is 10.2. The molecule has 10 heteroatoms. The van der Waals surface area contributed by atoms with Crippen molar-refractivity contribution in [1.82, 2.24) is 19.5 Å². The van der Waals surface area contributed by atoms with Crippen LogP contribution in [0, 0.1) is 0 Å². The number of ether oxygens (including phenoxy) is 1. The lowest BCUT2D eigenvalue weighted by Crippen LogP contribution is -2.38. The highest BCUT2D eigenvalue weighted by atomic mass is 16.5. The molecule has 0 amide bonds. The van der Waals surface area contributed by atoms with E-state index in [1.807, 2.05) is 0 Å². The Labute approximate surface area is 186 Å². The smallest absolute Gasteiger partial charge is 0.362 e. The third kappa shape index (κ3) is 3.51. The predicted octanol–water partition coefficient (Wildman–Crippen LogP) is 0.867. The number of anilines is 1. The minimum Gasteiger partial charge on any atom is -0.459 e. The number of fused-ring (bicyclic) bond motifs is 3. The van der Waals surface area contributed by atoms with Gasteiger partial charge in [0.05, 0.1) is 12.0 Å². The van der Waals surface area contributed by atoms with Crippen LogP contribution in [0.15, 0.2) is 62.7 Å². The molecule has 1 aliphatic rings. The number of aromatic nitrogens is 4. The fourth-order valence-corrected chi connectivity index (χ4v) is 3.81. The van der Waals surface area contributed by atoms with Gasteiger partial charge in [-0.2, -0.15) is 4.98 Å². The molecule has 1 atom stereocenters. The normalized spacial score (nSPS) is 15.4. The largest absolute Gasteiger partial charge is 0.459 e. The van der Waals surface area contributed by atoms with E-state index in [0.29, 0.717) is 16.8 Å². The van der Waals surface area contributed by atoms with Gasteiger partial charge < -0.3 is 19.3 Å². The second-order valence-corrected chi connectivity index (χ2v) is 7.68. The van der Waals surface area contributed by atoms with Crippen LogP contribution >= 0.6 is 0 Å². The Hall–Kier alpha value is -4.47. The number of esters is 1. The van der Waals surface area contributed by atoms with Crippen LogP contribution in [0.1, 0.15) is 36.6 Å². The summed E-state index contributed by atoms with van der Waals surface area (Å²) in [6.07, 6.45) is 7.60. The van der Waals surface area contributed by atoms with Crippen LogP contribution in [0.25, 0.3) is 17.5 Å². The fourth-order valence-electron chi connectivity index (χ4n) is 3.81. The Bertz CT molecular complexity index is 1520. The van der Waals surface area contributed by atoms with Crippen LogP contribution in [-0.2, 0) is 9.53 Å². The van der Waals surface area contributed by atoms with Gasteiger partial charge in [0.15, 0.2) is 0 Å². The van der Waals surface area contributed by atoms with Gasteiger partial charge in [0.1, 0.15) is 16.6 Å². The number of oxazole rings is 2. The van der Waals surface area contributed by atoms with Gasteiger partial charge in [0, 0.05) is 24.8 Å². The number of pyridine rings is 2. The molecule has 33 heavy (non-hydrogen) atoms. The van der Waals surface area contributed by atoms with Crippen molar-refractivity contribution in [3.8, 4) is 5.88 Å². The Morgan fingerprint density at radius 3 is 2.61 bits per heavy atom. The first kappa shape index (κ1) is 20.4. The monoisotopic (exact) mass is 445 g/mol. The molecule has 0 aromatic carbocycles. The molecule has 0 saturated heterocycles. The van der Waals surface area contributed by atoms with E-state index in [-0.39, 0.29) is 28.4 Å². The van der Waals surface area contributed by atoms with Crippen molar-refractivity contribution in [2.75, 3.05) is 5.73 Å². The highest BCUT2D eigenvalue weighted by Gasteiger charge is 2.40. The van der Waals surface area contributed by atoms with E-state index in [0.717, 1.165) is 0 Å². The van der Waals surface area contributed by atoms with E-state index in [1.54, 1.807) is 69.0 Å². The number of nitrogens with two attached hydrogens (primary N) is 1. The molecular weight excluding hydrogens is 426 g/mol. The van der Waals surface area contributed by atoms with E-state index in [1.165, 1.54) is 4.57 Å². The summed E-state index contributed by atoms with van der Waals surface area (Å²) in [6.45, 7) is 3.47. The first-order valence-corrected chi connectivity index (χ1v) is 10.2. The molecule has 0 radical (unpaired) electrons. The van der Waals surface area contributed by atoms with Gasteiger partial charge in [-0.3, -0.25) is 9.97 Å². The maximum absolute atomic E-state index is 13.3. The topological polar surface area (TPSA) is 139 Å². The molecule has 0 unspecified atom stereocenters. The zero-order valence-corrected chi connectivity index (χ0v) is 17.8. The molecule has 10 nitrogen and oxygen atoms in total. The average molecular weight is 445 g/mol. The Morgan fingerprint density at radius 1 is 1.18 bits per heavy atom. The van der Waals surface area contributed by atoms with E-state index >= 15 is 0 Å². The Kier molecular flexibility index (Phi) is 4.89. The zero-order valence-electron chi connectivity index (χ0n) is 17.8. The molecule has 4 aromatic heterocycles. The van der Waals surface area contributed by atoms with Crippen molar-refractivity contribution in [3.05, 3.63) is 87.2 Å². The second-order valence-electron chi connectivity index (χ2n) is 7.68. The molecule has 0 saturated carbocycles. The van der Waals surface area contributed by atoms with Crippen molar-refractivity contribution in [1.29, 1.82) is 0 Å². The number of carbonyl (C=O) groups is 1. The van der Waals surface area contributed by atoms with Crippen molar-refractivity contribution >= 4 is 23.6 Å². The number of hydrogen-bond acceptors (Lipinski definition) is 9. The Morgan fingerprint density at radius 2 is 1.94 bits per heavy atom. The van der Waals surface area contributed by atoms with E-state index in [4.69, 9.17) is 19.3 Å². The fraction of sp³-hybridized carbons (Fsp3) is 0.174. The van der Waals surface area contributed by atoms with Crippen LogP contribution < -0.4 is 22.3 Å². The summed E-state index contributed by atoms with van der Waals surface area (Å²) >= 11 is 0. The Balaban J connectivity index is 1.90. The van der Waals surface area contributed by atoms with Crippen molar-refractivity contribution in [2.24, 2.45) is 0 Å². The van der Waals surface area contributed by atoms with Gasteiger partial charge in [0.25, 0.3) is 6.01 Å². The lowest BCUT2D eigenvalue weighted by atomic mass is 9.88. The van der Waals surface area contributed by atoms with E-state index in [9.17, 15) is 9.59 Å². The molecule has 1 aliphatic heterocycles. The van der Waals surface area contributed by atoms with Gasteiger partial charge in [-0.1, -0.05) is 12.1 Å². The number of rotatable bonds is 4. The average Bonchev–Trinajstić information content (AvgIpc) is 3.32. The molecule has 0 bridgehead atoms. The number of carbonyl (C=O) groups excluding carboxylic acids is 1. The molecule has 0 spiro atoms. The van der Waals surface area contributed by atoms with Gasteiger partial charge in [-0.15, -0.1) is 0 Å². The molecule has 0 fully saturated rings. The van der Waals surface area contributed by atoms with Crippen LogP contribution in [-0.4, -0.2) is 31.6 Å². The molecule has 2 N–H and O–H groups in total. The van der Waals surface area contributed by atoms with Crippen molar-refractivity contribution in [2.45, 2.75) is 25.9 Å². The molecule has 4 aromatic rings. The lowest BCUT2D eigenvalue weighted by molar-refractivity contribution is -0.140. The van der Waals surface area contributed by atoms with Crippen LogP contribution in [0.2, 0.25) is 0 Å². The summed E-state index contributed by atoms with van der Waals surface area (Å²) in [6, 6.07) is 6.91. The summed E-state index contributed by atoms with van der Waals surface area (Å²) in [5.74, 6) is -1.24. The maximum atomic E-state index is 13.3. The molecule has 0 aliphatic carbocycles. The third-order valence-corrected chi connectivity index (χ3v) is 5.06. The number of hydrogen-bond donors (Lipinski definition) is 1. The second kappa shape index (κ2) is 7.90. The number of nitrogen functional groups attached to an aromatic ring is 1. The quantitative estimate of drug-likeness (QED) is 0.453. The highest BCUT2D eigenvalue weighted by Crippen LogP contribution is 2.38. The van der Waals surface area contributed by atoms with E-state index < -0.39 is 23.6 Å². The van der Waals surface area contributed by atoms with E-state index in [2.05, 4.69) is 15.0 Å². The SMILES string of the molecule is CC(C)OC(=O)C1=c2oc(=O)/c(=C\c3cccnc3)n2-c2oc(N)nc2[C@H]1c1cccnc1. The third-order valence-electron chi connectivity index (χ3n) is 5.06. The summed E-state index contributed by atoms with van der Waals surface area (Å²) in [5, 5.41) is 0.120. The van der Waals surface area contributed by atoms with Gasteiger partial charge in [0.2, 0.25) is 11.4 Å². The van der Waals surface area contributed by atoms with Crippen LogP contribution in [0.3, 0.4) is 0 Å². The lowest BCUT2D eigenvalue weighted by Gasteiger charge is -2.22. The van der Waals surface area contributed by atoms with Crippen molar-refractivity contribution in [3.63, 3.8) is 0 Å². The van der Waals surface area contributed by atoms with Crippen LogP contribution in [0.4, 0.5) is 6.01 Å². The first-order chi connectivity index (χ1) is 15.9. The standard InChI is InChI=1S/C23H19N5O5/c1-12(2)31-22(30)17-16(14-6-4-8-26-11-14)18-20(33-23(24)27-18)28-15(21(29)32-19(17)28)9-13-5-3-7-25-10-13/h3-12,16H,1-2H3,(H2,24,27)/b15-9+/t16-/m0/s1. The summed E-state index contributed by atoms with van der Waals surface area (Å²) in [5.41, 5.74) is 6.95. The van der Waals surface area contributed by atoms with Gasteiger partial charge in [-0.05, 0) is 43.2 Å². The molecule has 166 valence electrons. The number of nitrogens with zero attached hydrogens (tertiary/aromatic N) is 4. The van der Waals surface area contributed by atoms with Gasteiger partial charge in [-0.25, -0.2) is 14.2 Å². The zero-order chi connectivity index (χ0) is 23.1. The minimum atomic E-state index is -0.766. The minimum absolute atomic E-state index is 0.0155. The van der Waals surface area contributed by atoms with Crippen molar-refractivity contribution < 1.29 is 18.4 Å². The summed E-state index contributed by atoms with van der Waals surface area (Å²) < 4.78 is 18.2. The maximum Gasteiger partial charge on any atom is 0.362 e. The highest BCUT2D eigenvalue weighted by molar-refractivity contribution is 6.12. The molecular formula is C23H19N5O5. The van der Waals surface area contributed by atoms with Crippen LogP contribution in [0.5, 0.6) is 0 Å². The molecule has 5 rings (SSSR count). The summed E-state index contributed by atoms with van der Waals surface area (Å²) in [7, 11) is 0. The van der Waals surface area contributed by atoms with Gasteiger partial charge >= 0.3 is 11.6 Å². The molecule has 5 heterocycles. The summed E-state index contributed by atoms with van der Waals surface area (Å²) in [4.78, 5) is 38.8.